The largest absolute Gasteiger partial charge is 0.311 e. The van der Waals surface area contributed by atoms with Crippen LogP contribution in [0, 0.1) is 5.92 Å². The number of likely N-dealkylation sites (tertiary alicyclic amines) is 1. The average molecular weight is 260 g/mol. The lowest BCUT2D eigenvalue weighted by Gasteiger charge is -2.34. The van der Waals surface area contributed by atoms with Gasteiger partial charge < -0.3 is 10.2 Å². The highest BCUT2D eigenvalue weighted by molar-refractivity contribution is 5.15. The number of nitrogens with one attached hydrogen (secondary N) is 1. The molecule has 2 rings (SSSR count). The first-order chi connectivity index (χ1) is 9.15. The van der Waals surface area contributed by atoms with Gasteiger partial charge in [-0.15, -0.1) is 0 Å². The van der Waals surface area contributed by atoms with Crippen molar-refractivity contribution < 1.29 is 0 Å². The van der Waals surface area contributed by atoms with E-state index >= 15 is 0 Å². The van der Waals surface area contributed by atoms with Crippen LogP contribution >= 0.6 is 0 Å². The van der Waals surface area contributed by atoms with Gasteiger partial charge in [-0.2, -0.15) is 0 Å². The van der Waals surface area contributed by atoms with Gasteiger partial charge in [0.2, 0.25) is 0 Å². The summed E-state index contributed by atoms with van der Waals surface area (Å²) in [6.07, 6.45) is 3.79. The van der Waals surface area contributed by atoms with Crippen molar-refractivity contribution in [1.82, 2.24) is 10.2 Å². The second kappa shape index (κ2) is 7.06. The predicted octanol–water partition coefficient (Wildman–Crippen LogP) is 2.94. The van der Waals surface area contributed by atoms with Crippen molar-refractivity contribution in [3.63, 3.8) is 0 Å². The molecule has 0 bridgehead atoms. The number of piperidine rings is 1. The first-order valence-corrected chi connectivity index (χ1v) is 7.63. The van der Waals surface area contributed by atoms with E-state index in [4.69, 9.17) is 0 Å². The molecule has 1 aliphatic heterocycles. The van der Waals surface area contributed by atoms with E-state index in [2.05, 4.69) is 61.4 Å². The first-order valence-electron chi connectivity index (χ1n) is 7.63. The minimum atomic E-state index is 0.553. The molecule has 1 aromatic rings. The monoisotopic (exact) mass is 260 g/mol. The number of hydrogen-bond acceptors (Lipinski definition) is 2. The van der Waals surface area contributed by atoms with Gasteiger partial charge >= 0.3 is 0 Å². The summed E-state index contributed by atoms with van der Waals surface area (Å²) >= 11 is 0. The lowest BCUT2D eigenvalue weighted by atomic mass is 9.90. The van der Waals surface area contributed by atoms with E-state index in [1.807, 2.05) is 0 Å². The van der Waals surface area contributed by atoms with Crippen molar-refractivity contribution in [2.24, 2.45) is 5.92 Å². The molecule has 1 aromatic carbocycles. The molecule has 0 radical (unpaired) electrons. The maximum Gasteiger partial charge on any atom is 0.00817 e. The fraction of sp³-hybridized carbons (Fsp3) is 0.647. The summed E-state index contributed by atoms with van der Waals surface area (Å²) in [7, 11) is 2.23. The Morgan fingerprint density at radius 2 is 1.79 bits per heavy atom. The van der Waals surface area contributed by atoms with Crippen LogP contribution in [0.1, 0.15) is 32.3 Å². The Kier molecular flexibility index (Phi) is 5.41. The molecule has 0 aromatic heterocycles. The van der Waals surface area contributed by atoms with Crippen LogP contribution in [0.3, 0.4) is 0 Å². The molecular formula is C17H28N2. The van der Waals surface area contributed by atoms with E-state index in [-0.39, 0.29) is 0 Å². The highest BCUT2D eigenvalue weighted by atomic mass is 15.1. The van der Waals surface area contributed by atoms with Gasteiger partial charge in [-0.3, -0.25) is 0 Å². The second-order valence-electron chi connectivity index (χ2n) is 6.19. The summed E-state index contributed by atoms with van der Waals surface area (Å²) in [6.45, 7) is 7.17. The summed E-state index contributed by atoms with van der Waals surface area (Å²) in [5.74, 6) is 0.842. The molecule has 0 amide bonds. The van der Waals surface area contributed by atoms with Crippen LogP contribution in [0.2, 0.25) is 0 Å². The summed E-state index contributed by atoms with van der Waals surface area (Å²) in [6, 6.07) is 12.0. The molecule has 2 nitrogen and oxygen atoms in total. The third-order valence-electron chi connectivity index (χ3n) is 4.40. The topological polar surface area (TPSA) is 15.3 Å². The van der Waals surface area contributed by atoms with Crippen LogP contribution in [0.5, 0.6) is 0 Å². The van der Waals surface area contributed by atoms with Crippen LogP contribution in [-0.4, -0.2) is 37.1 Å². The van der Waals surface area contributed by atoms with Gasteiger partial charge in [0.25, 0.3) is 0 Å². The molecular weight excluding hydrogens is 232 g/mol. The van der Waals surface area contributed by atoms with Gasteiger partial charge in [-0.05, 0) is 64.7 Å². The van der Waals surface area contributed by atoms with Crippen molar-refractivity contribution in [3.8, 4) is 0 Å². The Morgan fingerprint density at radius 1 is 1.16 bits per heavy atom. The van der Waals surface area contributed by atoms with Crippen molar-refractivity contribution >= 4 is 0 Å². The van der Waals surface area contributed by atoms with Gasteiger partial charge in [0.05, 0.1) is 0 Å². The van der Waals surface area contributed by atoms with E-state index in [0.717, 1.165) is 12.3 Å². The molecule has 19 heavy (non-hydrogen) atoms. The second-order valence-corrected chi connectivity index (χ2v) is 6.19. The normalized spacial score (nSPS) is 21.2. The van der Waals surface area contributed by atoms with Gasteiger partial charge in [-0.1, -0.05) is 30.3 Å². The Labute approximate surface area is 118 Å². The van der Waals surface area contributed by atoms with Crippen molar-refractivity contribution in [2.75, 3.05) is 20.1 Å². The van der Waals surface area contributed by atoms with Crippen molar-refractivity contribution in [2.45, 2.75) is 45.2 Å². The van der Waals surface area contributed by atoms with E-state index in [1.54, 1.807) is 0 Å². The summed E-state index contributed by atoms with van der Waals surface area (Å²) < 4.78 is 0. The molecule has 0 saturated carbocycles. The van der Waals surface area contributed by atoms with E-state index < -0.39 is 0 Å². The number of hydrogen-bond donors (Lipinski definition) is 1. The Hall–Kier alpha value is -0.860. The smallest absolute Gasteiger partial charge is 0.00817 e. The van der Waals surface area contributed by atoms with E-state index in [1.165, 1.54) is 31.5 Å². The molecule has 1 fully saturated rings. The molecule has 1 aliphatic rings. The molecule has 1 heterocycles. The van der Waals surface area contributed by atoms with Crippen molar-refractivity contribution in [1.29, 1.82) is 0 Å². The van der Waals surface area contributed by atoms with Crippen LogP contribution in [0.15, 0.2) is 30.3 Å². The molecule has 2 heteroatoms. The molecule has 0 aliphatic carbocycles. The van der Waals surface area contributed by atoms with Crippen LogP contribution < -0.4 is 5.32 Å². The number of benzene rings is 1. The lowest BCUT2D eigenvalue weighted by molar-refractivity contribution is 0.185. The summed E-state index contributed by atoms with van der Waals surface area (Å²) in [5.41, 5.74) is 1.43. The lowest BCUT2D eigenvalue weighted by Crippen LogP contribution is -2.44. The van der Waals surface area contributed by atoms with Gasteiger partial charge in [0, 0.05) is 12.1 Å². The fourth-order valence-corrected chi connectivity index (χ4v) is 3.14. The Balaban J connectivity index is 1.77. The molecule has 0 spiro atoms. The zero-order valence-corrected chi connectivity index (χ0v) is 12.6. The van der Waals surface area contributed by atoms with E-state index in [0.29, 0.717) is 12.1 Å². The van der Waals surface area contributed by atoms with Crippen LogP contribution in [0.25, 0.3) is 0 Å². The molecule has 106 valence electrons. The SMILES string of the molecule is CC(Cc1ccccc1)NC(C)C1CCN(C)CC1. The maximum absolute atomic E-state index is 3.79. The van der Waals surface area contributed by atoms with Crippen molar-refractivity contribution in [3.05, 3.63) is 35.9 Å². The summed E-state index contributed by atoms with van der Waals surface area (Å²) in [4.78, 5) is 2.44. The molecule has 1 saturated heterocycles. The average Bonchev–Trinajstić information content (AvgIpc) is 2.40. The minimum absolute atomic E-state index is 0.553. The Bertz CT molecular complexity index is 355. The van der Waals surface area contributed by atoms with Gasteiger partial charge in [-0.25, -0.2) is 0 Å². The van der Waals surface area contributed by atoms with Crippen LogP contribution in [-0.2, 0) is 6.42 Å². The van der Waals surface area contributed by atoms with E-state index in [9.17, 15) is 0 Å². The zero-order valence-electron chi connectivity index (χ0n) is 12.6. The quantitative estimate of drug-likeness (QED) is 0.875. The summed E-state index contributed by atoms with van der Waals surface area (Å²) in [5, 5.41) is 3.79. The van der Waals surface area contributed by atoms with Crippen LogP contribution in [0.4, 0.5) is 0 Å². The fourth-order valence-electron chi connectivity index (χ4n) is 3.14. The predicted molar refractivity (Wildman–Crippen MR) is 82.4 cm³/mol. The maximum atomic E-state index is 3.79. The highest BCUT2D eigenvalue weighted by Gasteiger charge is 2.22. The third kappa shape index (κ3) is 4.63. The standard InChI is InChI=1S/C17H28N2/c1-14(13-16-7-5-4-6-8-16)18-15(2)17-9-11-19(3)12-10-17/h4-8,14-15,17-18H,9-13H2,1-3H3. The number of rotatable bonds is 5. The Morgan fingerprint density at radius 3 is 2.42 bits per heavy atom. The van der Waals surface area contributed by atoms with Gasteiger partial charge in [0.15, 0.2) is 0 Å². The number of nitrogens with zero attached hydrogens (tertiary/aromatic N) is 1. The molecule has 2 atom stereocenters. The first kappa shape index (κ1) is 14.5. The third-order valence-corrected chi connectivity index (χ3v) is 4.40. The van der Waals surface area contributed by atoms with Gasteiger partial charge in [0.1, 0.15) is 0 Å². The highest BCUT2D eigenvalue weighted by Crippen LogP contribution is 2.20. The zero-order chi connectivity index (χ0) is 13.7. The molecule has 1 N–H and O–H groups in total. The molecule has 2 unspecified atom stereocenters. The minimum Gasteiger partial charge on any atom is -0.311 e.